The fourth-order valence-electron chi connectivity index (χ4n) is 3.06. The van der Waals surface area contributed by atoms with Crippen LogP contribution in [0.1, 0.15) is 23.0 Å². The summed E-state index contributed by atoms with van der Waals surface area (Å²) in [6, 6.07) is 8.96. The Bertz CT molecular complexity index is 921. The summed E-state index contributed by atoms with van der Waals surface area (Å²) in [5.74, 6) is -1.35. The molecule has 8 heteroatoms. The molecule has 4 amide bonds. The Morgan fingerprint density at radius 2 is 2.00 bits per heavy atom. The standard InChI is InChI=1S/C20H19N3O4S/c1-3-10-22(20(27)17-5-4-11-28-17)16-12-18(25)23(19(16)26)15-8-6-14(7-9-15)21-13(2)24/h3-9,11,16H,1,10,12H2,2H3,(H,21,24). The smallest absolute Gasteiger partial charge is 0.264 e. The summed E-state index contributed by atoms with van der Waals surface area (Å²) in [5.41, 5.74) is 0.960. The number of anilines is 2. The van der Waals surface area contributed by atoms with E-state index < -0.39 is 11.9 Å². The van der Waals surface area contributed by atoms with Gasteiger partial charge in [-0.05, 0) is 35.7 Å². The first kappa shape index (κ1) is 19.5. The van der Waals surface area contributed by atoms with Crippen molar-refractivity contribution >= 4 is 46.3 Å². The van der Waals surface area contributed by atoms with Crippen molar-refractivity contribution in [1.29, 1.82) is 0 Å². The molecule has 1 aliphatic heterocycles. The molecule has 0 radical (unpaired) electrons. The highest BCUT2D eigenvalue weighted by Gasteiger charge is 2.44. The molecule has 2 heterocycles. The lowest BCUT2D eigenvalue weighted by Crippen LogP contribution is -2.45. The quantitative estimate of drug-likeness (QED) is 0.600. The molecule has 0 bridgehead atoms. The van der Waals surface area contributed by atoms with E-state index in [0.29, 0.717) is 16.3 Å². The van der Waals surface area contributed by atoms with Crippen molar-refractivity contribution in [3.05, 3.63) is 59.3 Å². The van der Waals surface area contributed by atoms with E-state index in [2.05, 4.69) is 11.9 Å². The van der Waals surface area contributed by atoms with Crippen LogP contribution >= 0.6 is 11.3 Å². The van der Waals surface area contributed by atoms with Crippen LogP contribution in [-0.2, 0) is 14.4 Å². The predicted molar refractivity (Wildman–Crippen MR) is 107 cm³/mol. The van der Waals surface area contributed by atoms with Crippen LogP contribution in [0.5, 0.6) is 0 Å². The number of hydrogen-bond donors (Lipinski definition) is 1. The number of carbonyl (C=O) groups is 4. The number of carbonyl (C=O) groups excluding carboxylic acids is 4. The second-order valence-corrected chi connectivity index (χ2v) is 7.19. The maximum Gasteiger partial charge on any atom is 0.264 e. The van der Waals surface area contributed by atoms with Crippen LogP contribution < -0.4 is 10.2 Å². The Morgan fingerprint density at radius 3 is 2.57 bits per heavy atom. The molecule has 1 saturated heterocycles. The van der Waals surface area contributed by atoms with Gasteiger partial charge in [-0.1, -0.05) is 12.1 Å². The highest BCUT2D eigenvalue weighted by atomic mass is 32.1. The van der Waals surface area contributed by atoms with Gasteiger partial charge in [-0.3, -0.25) is 19.2 Å². The number of imide groups is 1. The molecule has 1 N–H and O–H groups in total. The first-order valence-electron chi connectivity index (χ1n) is 8.62. The minimum absolute atomic E-state index is 0.0861. The minimum Gasteiger partial charge on any atom is -0.326 e. The maximum atomic E-state index is 13.0. The third-order valence-corrected chi connectivity index (χ3v) is 5.12. The molecule has 144 valence electrons. The molecule has 1 fully saturated rings. The van der Waals surface area contributed by atoms with E-state index >= 15 is 0 Å². The summed E-state index contributed by atoms with van der Waals surface area (Å²) >= 11 is 1.28. The van der Waals surface area contributed by atoms with Gasteiger partial charge in [-0.2, -0.15) is 0 Å². The summed E-state index contributed by atoms with van der Waals surface area (Å²) in [6.07, 6.45) is 1.45. The van der Waals surface area contributed by atoms with Gasteiger partial charge in [0, 0.05) is 19.2 Å². The zero-order chi connectivity index (χ0) is 20.3. The third kappa shape index (κ3) is 3.86. The number of hydrogen-bond acceptors (Lipinski definition) is 5. The van der Waals surface area contributed by atoms with E-state index in [9.17, 15) is 19.2 Å². The number of thiophene rings is 1. The second kappa shape index (κ2) is 8.18. The van der Waals surface area contributed by atoms with Crippen molar-refractivity contribution in [1.82, 2.24) is 4.90 Å². The van der Waals surface area contributed by atoms with Gasteiger partial charge in [0.2, 0.25) is 11.8 Å². The normalized spacial score (nSPS) is 16.2. The van der Waals surface area contributed by atoms with E-state index in [1.54, 1.807) is 41.8 Å². The van der Waals surface area contributed by atoms with Crippen molar-refractivity contribution in [3.8, 4) is 0 Å². The Balaban J connectivity index is 1.84. The molecule has 7 nitrogen and oxygen atoms in total. The average molecular weight is 397 g/mol. The summed E-state index contributed by atoms with van der Waals surface area (Å²) in [5, 5.41) is 4.41. The summed E-state index contributed by atoms with van der Waals surface area (Å²) in [4.78, 5) is 52.4. The fraction of sp³-hybridized carbons (Fsp3) is 0.200. The van der Waals surface area contributed by atoms with Gasteiger partial charge in [-0.15, -0.1) is 17.9 Å². The highest BCUT2D eigenvalue weighted by Crippen LogP contribution is 2.28. The van der Waals surface area contributed by atoms with Crippen molar-refractivity contribution in [2.45, 2.75) is 19.4 Å². The molecule has 0 saturated carbocycles. The first-order chi connectivity index (χ1) is 13.4. The highest BCUT2D eigenvalue weighted by molar-refractivity contribution is 7.12. The van der Waals surface area contributed by atoms with E-state index in [1.807, 2.05) is 0 Å². The molecule has 0 aliphatic carbocycles. The van der Waals surface area contributed by atoms with Crippen LogP contribution in [0.15, 0.2) is 54.4 Å². The van der Waals surface area contributed by atoms with E-state index in [4.69, 9.17) is 0 Å². The molecule has 1 aromatic carbocycles. The molecular weight excluding hydrogens is 378 g/mol. The molecule has 1 atom stereocenters. The van der Waals surface area contributed by atoms with Gasteiger partial charge in [-0.25, -0.2) is 4.90 Å². The Hall–Kier alpha value is -3.26. The van der Waals surface area contributed by atoms with Crippen LogP contribution in [0.3, 0.4) is 0 Å². The lowest BCUT2D eigenvalue weighted by atomic mass is 10.2. The minimum atomic E-state index is -0.880. The fourth-order valence-corrected chi connectivity index (χ4v) is 3.74. The Morgan fingerprint density at radius 1 is 1.29 bits per heavy atom. The van der Waals surface area contributed by atoms with Crippen LogP contribution in [0.2, 0.25) is 0 Å². The number of nitrogens with zero attached hydrogens (tertiary/aromatic N) is 2. The van der Waals surface area contributed by atoms with Crippen molar-refractivity contribution in [2.24, 2.45) is 0 Å². The lowest BCUT2D eigenvalue weighted by molar-refractivity contribution is -0.122. The first-order valence-corrected chi connectivity index (χ1v) is 9.50. The van der Waals surface area contributed by atoms with Crippen molar-refractivity contribution in [2.75, 3.05) is 16.8 Å². The summed E-state index contributed by atoms with van der Waals surface area (Å²) in [7, 11) is 0. The topological polar surface area (TPSA) is 86.8 Å². The Kier molecular flexibility index (Phi) is 5.70. The van der Waals surface area contributed by atoms with Crippen molar-refractivity contribution < 1.29 is 19.2 Å². The SMILES string of the molecule is C=CCN(C(=O)c1cccs1)C1CC(=O)N(c2ccc(NC(C)=O)cc2)C1=O. The van der Waals surface area contributed by atoms with Gasteiger partial charge in [0.1, 0.15) is 6.04 Å². The second-order valence-electron chi connectivity index (χ2n) is 6.24. The molecule has 1 aliphatic rings. The molecule has 28 heavy (non-hydrogen) atoms. The van der Waals surface area contributed by atoms with Crippen molar-refractivity contribution in [3.63, 3.8) is 0 Å². The largest absolute Gasteiger partial charge is 0.326 e. The molecule has 1 aromatic heterocycles. The number of nitrogens with one attached hydrogen (secondary N) is 1. The van der Waals surface area contributed by atoms with E-state index in [1.165, 1.54) is 29.2 Å². The number of benzene rings is 1. The monoisotopic (exact) mass is 397 g/mol. The number of amides is 4. The zero-order valence-electron chi connectivity index (χ0n) is 15.3. The summed E-state index contributed by atoms with van der Waals surface area (Å²) < 4.78 is 0. The third-order valence-electron chi connectivity index (χ3n) is 4.26. The molecule has 1 unspecified atom stereocenters. The van der Waals surface area contributed by atoms with Gasteiger partial charge < -0.3 is 10.2 Å². The van der Waals surface area contributed by atoms with Gasteiger partial charge in [0.15, 0.2) is 0 Å². The predicted octanol–water partition coefficient (Wildman–Crippen LogP) is 2.67. The van der Waals surface area contributed by atoms with E-state index in [0.717, 1.165) is 4.90 Å². The summed E-state index contributed by atoms with van der Waals surface area (Å²) in [6.45, 7) is 5.21. The van der Waals surface area contributed by atoms with Gasteiger partial charge in [0.25, 0.3) is 11.8 Å². The average Bonchev–Trinajstić information content (AvgIpc) is 3.28. The van der Waals surface area contributed by atoms with Crippen LogP contribution in [0.4, 0.5) is 11.4 Å². The molecule has 3 rings (SSSR count). The molecule has 0 spiro atoms. The Labute approximate surface area is 166 Å². The van der Waals surface area contributed by atoms with Crippen LogP contribution in [-0.4, -0.2) is 41.1 Å². The van der Waals surface area contributed by atoms with Gasteiger partial charge >= 0.3 is 0 Å². The maximum absolute atomic E-state index is 13.0. The van der Waals surface area contributed by atoms with E-state index in [-0.39, 0.29) is 30.7 Å². The van der Waals surface area contributed by atoms with Gasteiger partial charge in [0.05, 0.1) is 17.0 Å². The number of rotatable bonds is 6. The lowest BCUT2D eigenvalue weighted by Gasteiger charge is -2.26. The van der Waals surface area contributed by atoms with Crippen LogP contribution in [0, 0.1) is 0 Å². The molecule has 2 aromatic rings. The van der Waals surface area contributed by atoms with Crippen LogP contribution in [0.25, 0.3) is 0 Å². The zero-order valence-corrected chi connectivity index (χ0v) is 16.1. The molecular formula is C20H19N3O4S.